The van der Waals surface area contributed by atoms with Crippen molar-refractivity contribution in [3.63, 3.8) is 0 Å². The quantitative estimate of drug-likeness (QED) is 0.395. The van der Waals surface area contributed by atoms with E-state index in [1.807, 2.05) is 18.2 Å². The van der Waals surface area contributed by atoms with E-state index >= 15 is 0 Å². The highest BCUT2D eigenvalue weighted by Crippen LogP contribution is 2.21. The number of anilines is 1. The van der Waals surface area contributed by atoms with E-state index in [-0.39, 0.29) is 18.8 Å². The second kappa shape index (κ2) is 8.94. The maximum Gasteiger partial charge on any atom is 0.329 e. The van der Waals surface area contributed by atoms with Gasteiger partial charge in [0.15, 0.2) is 0 Å². The molecule has 0 aliphatic rings. The standard InChI is InChI=1S/C16H22FN3O2/c1-16(15(21)22,20-14-7-3-2-4-8-14)9-5-6-13(17)12-19-11-10-18/h2-4,6-8,10,18-20H,5,9,11-12H2,1H3,(H,21,22)/b13-6+,18-10?/t16-/m0/s1. The van der Waals surface area contributed by atoms with Gasteiger partial charge in [-0.2, -0.15) is 0 Å². The van der Waals surface area contributed by atoms with E-state index in [0.717, 1.165) is 6.21 Å². The van der Waals surface area contributed by atoms with Crippen LogP contribution in [0.2, 0.25) is 0 Å². The first-order chi connectivity index (χ1) is 10.5. The molecule has 0 radical (unpaired) electrons. The Morgan fingerprint density at radius 3 is 2.68 bits per heavy atom. The number of benzene rings is 1. The van der Waals surface area contributed by atoms with Gasteiger partial charge in [-0.3, -0.25) is 0 Å². The second-order valence-corrected chi connectivity index (χ2v) is 5.15. The number of para-hydroxylation sites is 1. The first-order valence-electron chi connectivity index (χ1n) is 7.09. The maximum absolute atomic E-state index is 13.5. The number of carboxylic acid groups (broad SMARTS) is 1. The van der Waals surface area contributed by atoms with Crippen LogP contribution in [0.15, 0.2) is 42.2 Å². The first-order valence-corrected chi connectivity index (χ1v) is 7.09. The lowest BCUT2D eigenvalue weighted by atomic mass is 9.95. The van der Waals surface area contributed by atoms with Gasteiger partial charge in [0.2, 0.25) is 0 Å². The van der Waals surface area contributed by atoms with Crippen LogP contribution in [0, 0.1) is 5.41 Å². The van der Waals surface area contributed by atoms with Gasteiger partial charge in [0.25, 0.3) is 0 Å². The number of hydrogen-bond donors (Lipinski definition) is 4. The van der Waals surface area contributed by atoms with Gasteiger partial charge in [0.1, 0.15) is 11.4 Å². The summed E-state index contributed by atoms with van der Waals surface area (Å²) in [6.07, 6.45) is 3.10. The molecule has 0 heterocycles. The van der Waals surface area contributed by atoms with Gasteiger partial charge < -0.3 is 21.1 Å². The number of rotatable bonds is 10. The molecule has 120 valence electrons. The van der Waals surface area contributed by atoms with Crippen LogP contribution in [0.25, 0.3) is 0 Å². The lowest BCUT2D eigenvalue weighted by molar-refractivity contribution is -0.141. The normalized spacial score (nSPS) is 14.2. The lowest BCUT2D eigenvalue weighted by Gasteiger charge is -2.27. The summed E-state index contributed by atoms with van der Waals surface area (Å²) in [6, 6.07) is 9.07. The molecule has 1 aromatic carbocycles. The Bertz CT molecular complexity index is 519. The minimum absolute atomic E-state index is 0.0469. The van der Waals surface area contributed by atoms with Crippen LogP contribution in [0.3, 0.4) is 0 Å². The van der Waals surface area contributed by atoms with Crippen LogP contribution in [-0.4, -0.2) is 35.9 Å². The highest BCUT2D eigenvalue weighted by atomic mass is 19.1. The molecule has 0 spiro atoms. The highest BCUT2D eigenvalue weighted by molar-refractivity contribution is 5.82. The fraction of sp³-hybridized carbons (Fsp3) is 0.375. The topological polar surface area (TPSA) is 85.2 Å². The van der Waals surface area contributed by atoms with Crippen LogP contribution in [-0.2, 0) is 4.79 Å². The summed E-state index contributed by atoms with van der Waals surface area (Å²) < 4.78 is 13.5. The van der Waals surface area contributed by atoms with Crippen molar-refractivity contribution in [2.45, 2.75) is 25.3 Å². The van der Waals surface area contributed by atoms with Crippen molar-refractivity contribution in [1.82, 2.24) is 5.32 Å². The number of hydrogen-bond acceptors (Lipinski definition) is 4. The van der Waals surface area contributed by atoms with Gasteiger partial charge in [-0.15, -0.1) is 0 Å². The molecule has 22 heavy (non-hydrogen) atoms. The zero-order valence-electron chi connectivity index (χ0n) is 12.6. The van der Waals surface area contributed by atoms with E-state index in [2.05, 4.69) is 10.6 Å². The molecule has 1 aromatic rings. The van der Waals surface area contributed by atoms with Gasteiger partial charge in [0.05, 0.1) is 0 Å². The number of allylic oxidation sites excluding steroid dienone is 1. The molecule has 0 amide bonds. The minimum atomic E-state index is -1.17. The van der Waals surface area contributed by atoms with Gasteiger partial charge >= 0.3 is 5.97 Å². The third-order valence-corrected chi connectivity index (χ3v) is 3.22. The van der Waals surface area contributed by atoms with Gasteiger partial charge in [-0.1, -0.05) is 24.3 Å². The van der Waals surface area contributed by atoms with Crippen molar-refractivity contribution in [3.8, 4) is 0 Å². The Morgan fingerprint density at radius 2 is 2.09 bits per heavy atom. The largest absolute Gasteiger partial charge is 0.480 e. The average molecular weight is 307 g/mol. The summed E-state index contributed by atoms with van der Waals surface area (Å²) in [4.78, 5) is 11.5. The van der Waals surface area contributed by atoms with Crippen molar-refractivity contribution in [1.29, 1.82) is 5.41 Å². The summed E-state index contributed by atoms with van der Waals surface area (Å²) in [5, 5.41) is 21.9. The molecule has 0 unspecified atom stereocenters. The van der Waals surface area contributed by atoms with Crippen molar-refractivity contribution in [2.75, 3.05) is 18.4 Å². The lowest BCUT2D eigenvalue weighted by Crippen LogP contribution is -2.43. The van der Waals surface area contributed by atoms with Crippen molar-refractivity contribution in [2.24, 2.45) is 0 Å². The van der Waals surface area contributed by atoms with Crippen LogP contribution in [0.4, 0.5) is 10.1 Å². The minimum Gasteiger partial charge on any atom is -0.480 e. The zero-order valence-corrected chi connectivity index (χ0v) is 12.6. The number of nitrogens with one attached hydrogen (secondary N) is 3. The summed E-state index contributed by atoms with van der Waals surface area (Å²) >= 11 is 0. The number of aliphatic carboxylic acids is 1. The van der Waals surface area contributed by atoms with Crippen LogP contribution in [0.1, 0.15) is 19.8 Å². The van der Waals surface area contributed by atoms with E-state index in [0.29, 0.717) is 18.7 Å². The molecule has 0 aromatic heterocycles. The van der Waals surface area contributed by atoms with Gasteiger partial charge in [0, 0.05) is 25.0 Å². The number of carboxylic acids is 1. The molecule has 0 aliphatic heterocycles. The van der Waals surface area contributed by atoms with Crippen molar-refractivity contribution >= 4 is 17.9 Å². The molecule has 0 saturated carbocycles. The van der Waals surface area contributed by atoms with E-state index in [9.17, 15) is 14.3 Å². The fourth-order valence-electron chi connectivity index (χ4n) is 1.92. The van der Waals surface area contributed by atoms with E-state index < -0.39 is 11.5 Å². The Labute approximate surface area is 129 Å². The Kier molecular flexibility index (Phi) is 7.25. The van der Waals surface area contributed by atoms with Gasteiger partial charge in [-0.25, -0.2) is 9.18 Å². The third kappa shape index (κ3) is 6.05. The maximum atomic E-state index is 13.5. The summed E-state index contributed by atoms with van der Waals surface area (Å²) in [5.41, 5.74) is -0.454. The first kappa shape index (κ1) is 17.8. The van der Waals surface area contributed by atoms with Crippen LogP contribution in [0.5, 0.6) is 0 Å². The smallest absolute Gasteiger partial charge is 0.329 e. The Balaban J connectivity index is 2.58. The summed E-state index contributed by atoms with van der Waals surface area (Å²) in [5.74, 6) is -1.33. The molecular weight excluding hydrogens is 285 g/mol. The van der Waals surface area contributed by atoms with Crippen LogP contribution < -0.4 is 10.6 Å². The number of halogens is 1. The fourth-order valence-corrected chi connectivity index (χ4v) is 1.92. The Morgan fingerprint density at radius 1 is 1.41 bits per heavy atom. The summed E-state index contributed by atoms with van der Waals surface area (Å²) in [7, 11) is 0. The summed E-state index contributed by atoms with van der Waals surface area (Å²) in [6.45, 7) is 1.94. The van der Waals surface area contributed by atoms with E-state index in [1.54, 1.807) is 19.1 Å². The molecule has 1 atom stereocenters. The van der Waals surface area contributed by atoms with Crippen LogP contribution >= 0.6 is 0 Å². The molecular formula is C16H22FN3O2. The molecule has 0 fully saturated rings. The van der Waals surface area contributed by atoms with E-state index in [4.69, 9.17) is 5.41 Å². The molecule has 6 heteroatoms. The molecule has 1 rings (SSSR count). The molecule has 4 N–H and O–H groups in total. The zero-order chi connectivity index (χ0) is 16.4. The Hall–Kier alpha value is -2.21. The molecule has 0 aliphatic carbocycles. The third-order valence-electron chi connectivity index (χ3n) is 3.22. The predicted octanol–water partition coefficient (Wildman–Crippen LogP) is 2.81. The van der Waals surface area contributed by atoms with Gasteiger partial charge in [-0.05, 0) is 31.9 Å². The monoisotopic (exact) mass is 307 g/mol. The molecule has 5 nitrogen and oxygen atoms in total. The highest BCUT2D eigenvalue weighted by Gasteiger charge is 2.32. The number of carbonyl (C=O) groups is 1. The SMILES string of the molecule is C[C@@](CC/C=C(/F)CNCC=N)(Nc1ccccc1)C(=O)O. The van der Waals surface area contributed by atoms with E-state index in [1.165, 1.54) is 6.08 Å². The predicted molar refractivity (Wildman–Crippen MR) is 86.2 cm³/mol. The average Bonchev–Trinajstić information content (AvgIpc) is 2.48. The van der Waals surface area contributed by atoms with Crippen molar-refractivity contribution < 1.29 is 14.3 Å². The second-order valence-electron chi connectivity index (χ2n) is 5.15. The molecule has 0 bridgehead atoms. The van der Waals surface area contributed by atoms with Crippen molar-refractivity contribution in [3.05, 3.63) is 42.2 Å². The molecule has 0 saturated heterocycles.